The van der Waals surface area contributed by atoms with Crippen LogP contribution in [0.5, 0.6) is 0 Å². The molecule has 0 amide bonds. The highest BCUT2D eigenvalue weighted by Gasteiger charge is 2.25. The number of aromatic amines is 1. The van der Waals surface area contributed by atoms with Crippen molar-refractivity contribution in [3.05, 3.63) is 15.9 Å². The third kappa shape index (κ3) is 1.99. The van der Waals surface area contributed by atoms with E-state index >= 15 is 0 Å². The van der Waals surface area contributed by atoms with E-state index in [0.29, 0.717) is 11.6 Å². The van der Waals surface area contributed by atoms with Crippen LogP contribution < -0.4 is 4.90 Å². The first kappa shape index (κ1) is 10.9. The number of likely N-dealkylation sites (N-methyl/N-ethyl adjacent to an activating group) is 1. The largest absolute Gasteiger partial charge is 0.365 e. The molecule has 1 aliphatic heterocycles. The number of aryl methyl sites for hydroxylation is 1. The third-order valence-electron chi connectivity index (χ3n) is 2.77. The Labute approximate surface area is 93.2 Å². The Morgan fingerprint density at radius 3 is 2.56 bits per heavy atom. The van der Waals surface area contributed by atoms with E-state index in [1.54, 1.807) is 6.92 Å². The Hall–Kier alpha value is -1.63. The summed E-state index contributed by atoms with van der Waals surface area (Å²) in [6.45, 7) is 5.10. The number of piperazine rings is 1. The maximum Gasteiger partial charge on any atom is 0.365 e. The summed E-state index contributed by atoms with van der Waals surface area (Å²) in [4.78, 5) is 21.5. The number of aromatic nitrogens is 2. The number of hydrogen-bond donors (Lipinski definition) is 1. The first-order valence-electron chi connectivity index (χ1n) is 5.22. The van der Waals surface area contributed by atoms with Gasteiger partial charge in [-0.15, -0.1) is 0 Å². The first-order chi connectivity index (χ1) is 7.58. The maximum atomic E-state index is 10.8. The van der Waals surface area contributed by atoms with Gasteiger partial charge in [-0.05, 0) is 12.0 Å². The Kier molecular flexibility index (Phi) is 2.78. The van der Waals surface area contributed by atoms with Gasteiger partial charge in [-0.1, -0.05) is 0 Å². The molecule has 1 aromatic heterocycles. The quantitative estimate of drug-likeness (QED) is 0.581. The van der Waals surface area contributed by atoms with Crippen molar-refractivity contribution < 1.29 is 4.92 Å². The van der Waals surface area contributed by atoms with Crippen LogP contribution in [0.25, 0.3) is 0 Å². The van der Waals surface area contributed by atoms with Crippen molar-refractivity contribution in [2.45, 2.75) is 6.92 Å². The van der Waals surface area contributed by atoms with Crippen LogP contribution in [0.4, 0.5) is 11.6 Å². The molecule has 0 saturated carbocycles. The Bertz CT molecular complexity index is 395. The first-order valence-corrected chi connectivity index (χ1v) is 5.22. The van der Waals surface area contributed by atoms with Crippen molar-refractivity contribution in [3.8, 4) is 0 Å². The van der Waals surface area contributed by atoms with E-state index in [2.05, 4.69) is 14.9 Å². The van der Waals surface area contributed by atoms with Gasteiger partial charge < -0.3 is 19.9 Å². The molecule has 88 valence electrons. The van der Waals surface area contributed by atoms with E-state index in [4.69, 9.17) is 0 Å². The maximum absolute atomic E-state index is 10.8. The molecule has 2 heterocycles. The number of nitrogens with zero attached hydrogens (tertiary/aromatic N) is 4. The summed E-state index contributed by atoms with van der Waals surface area (Å²) < 4.78 is 0. The predicted molar refractivity (Wildman–Crippen MR) is 59.7 cm³/mol. The van der Waals surface area contributed by atoms with Crippen LogP contribution in [-0.4, -0.2) is 53.0 Å². The molecule has 0 spiro atoms. The molecule has 1 N–H and O–H groups in total. The predicted octanol–water partition coefficient (Wildman–Crippen LogP) is 0.378. The van der Waals surface area contributed by atoms with E-state index in [1.165, 1.54) is 0 Å². The van der Waals surface area contributed by atoms with Crippen LogP contribution in [0.15, 0.2) is 0 Å². The highest BCUT2D eigenvalue weighted by atomic mass is 16.6. The zero-order valence-electron chi connectivity index (χ0n) is 9.43. The van der Waals surface area contributed by atoms with Gasteiger partial charge in [-0.25, -0.2) is 4.98 Å². The lowest BCUT2D eigenvalue weighted by Crippen LogP contribution is -2.44. The molecule has 0 bridgehead atoms. The van der Waals surface area contributed by atoms with Crippen LogP contribution >= 0.6 is 0 Å². The van der Waals surface area contributed by atoms with Crippen molar-refractivity contribution in [2.75, 3.05) is 38.1 Å². The van der Waals surface area contributed by atoms with Gasteiger partial charge in [0.15, 0.2) is 5.82 Å². The number of rotatable bonds is 2. The van der Waals surface area contributed by atoms with E-state index in [1.807, 2.05) is 11.9 Å². The van der Waals surface area contributed by atoms with Gasteiger partial charge >= 0.3 is 5.82 Å². The second kappa shape index (κ2) is 4.09. The van der Waals surface area contributed by atoms with E-state index in [9.17, 15) is 10.1 Å². The summed E-state index contributed by atoms with van der Waals surface area (Å²) in [5.74, 6) is 1.05. The van der Waals surface area contributed by atoms with Gasteiger partial charge in [0.2, 0.25) is 5.82 Å². The number of nitrogens with one attached hydrogen (secondary N) is 1. The van der Waals surface area contributed by atoms with Crippen LogP contribution in [0, 0.1) is 17.0 Å². The van der Waals surface area contributed by atoms with Crippen molar-refractivity contribution in [1.82, 2.24) is 14.9 Å². The number of nitro groups is 1. The van der Waals surface area contributed by atoms with Crippen molar-refractivity contribution in [1.29, 1.82) is 0 Å². The number of hydrogen-bond acceptors (Lipinski definition) is 5. The molecular formula is C9H15N5O2. The fourth-order valence-corrected chi connectivity index (χ4v) is 1.83. The van der Waals surface area contributed by atoms with Gasteiger partial charge in [0.25, 0.3) is 0 Å². The monoisotopic (exact) mass is 225 g/mol. The van der Waals surface area contributed by atoms with Gasteiger partial charge in [0.05, 0.1) is 0 Å². The van der Waals surface area contributed by atoms with E-state index in [-0.39, 0.29) is 5.82 Å². The van der Waals surface area contributed by atoms with E-state index in [0.717, 1.165) is 26.2 Å². The second-order valence-corrected chi connectivity index (χ2v) is 4.04. The molecule has 7 nitrogen and oxygen atoms in total. The highest BCUT2D eigenvalue weighted by Crippen LogP contribution is 2.25. The molecule has 1 aliphatic rings. The summed E-state index contributed by atoms with van der Waals surface area (Å²) in [7, 11) is 2.04. The van der Waals surface area contributed by atoms with Crippen LogP contribution in [0.2, 0.25) is 0 Å². The Morgan fingerprint density at radius 2 is 2.00 bits per heavy atom. The van der Waals surface area contributed by atoms with Gasteiger partial charge in [0, 0.05) is 33.1 Å². The van der Waals surface area contributed by atoms with Crippen molar-refractivity contribution in [2.24, 2.45) is 0 Å². The lowest BCUT2D eigenvalue weighted by atomic mass is 10.3. The third-order valence-corrected chi connectivity index (χ3v) is 2.77. The van der Waals surface area contributed by atoms with Crippen LogP contribution in [-0.2, 0) is 0 Å². The molecule has 1 fully saturated rings. The Balaban J connectivity index is 2.22. The second-order valence-electron chi connectivity index (χ2n) is 4.04. The zero-order valence-corrected chi connectivity index (χ0v) is 9.43. The van der Waals surface area contributed by atoms with Gasteiger partial charge in [0.1, 0.15) is 0 Å². The summed E-state index contributed by atoms with van der Waals surface area (Å²) in [5.41, 5.74) is 0. The molecular weight excluding hydrogens is 210 g/mol. The summed E-state index contributed by atoms with van der Waals surface area (Å²) in [6, 6.07) is 0. The number of H-pyrrole nitrogens is 1. The smallest absolute Gasteiger partial charge is 0.358 e. The molecule has 1 aromatic rings. The average Bonchev–Trinajstić information content (AvgIpc) is 2.61. The topological polar surface area (TPSA) is 78.3 Å². The molecule has 0 radical (unpaired) electrons. The highest BCUT2D eigenvalue weighted by molar-refractivity contribution is 5.54. The lowest BCUT2D eigenvalue weighted by Gasteiger charge is -2.31. The molecule has 1 saturated heterocycles. The summed E-state index contributed by atoms with van der Waals surface area (Å²) >= 11 is 0. The van der Waals surface area contributed by atoms with Crippen LogP contribution in [0.1, 0.15) is 5.82 Å². The average molecular weight is 225 g/mol. The fourth-order valence-electron chi connectivity index (χ4n) is 1.83. The normalized spacial score (nSPS) is 17.8. The minimum atomic E-state index is -0.409. The fraction of sp³-hybridized carbons (Fsp3) is 0.667. The molecule has 0 unspecified atom stereocenters. The number of imidazole rings is 1. The van der Waals surface area contributed by atoms with Gasteiger partial charge in [-0.2, -0.15) is 4.98 Å². The molecule has 0 aliphatic carbocycles. The molecule has 7 heteroatoms. The summed E-state index contributed by atoms with van der Waals surface area (Å²) in [5, 5.41) is 10.8. The molecule has 16 heavy (non-hydrogen) atoms. The molecule has 2 rings (SSSR count). The zero-order chi connectivity index (χ0) is 11.7. The summed E-state index contributed by atoms with van der Waals surface area (Å²) in [6.07, 6.45) is 0. The number of anilines is 1. The Morgan fingerprint density at radius 1 is 1.38 bits per heavy atom. The minimum absolute atomic E-state index is 0.00190. The molecule has 0 aromatic carbocycles. The van der Waals surface area contributed by atoms with Crippen LogP contribution in [0.3, 0.4) is 0 Å². The molecule has 0 atom stereocenters. The standard InChI is InChI=1S/C9H15N5O2/c1-7-10-8(9(11-7)14(15)16)13-5-3-12(2)4-6-13/h3-6H2,1-2H3,(H,10,11). The van der Waals surface area contributed by atoms with E-state index < -0.39 is 4.92 Å². The van der Waals surface area contributed by atoms with Crippen molar-refractivity contribution >= 4 is 11.6 Å². The van der Waals surface area contributed by atoms with Gasteiger partial charge in [-0.3, -0.25) is 0 Å². The SMILES string of the molecule is Cc1nc(N2CCN(C)CC2)c([N+](=O)[O-])[nH]1. The lowest BCUT2D eigenvalue weighted by molar-refractivity contribution is -0.388. The van der Waals surface area contributed by atoms with Crippen molar-refractivity contribution in [3.63, 3.8) is 0 Å². The minimum Gasteiger partial charge on any atom is -0.358 e.